The van der Waals surface area contributed by atoms with Crippen LogP contribution in [-0.4, -0.2) is 39.1 Å². The predicted molar refractivity (Wildman–Crippen MR) is 61.8 cm³/mol. The van der Waals surface area contributed by atoms with Gasteiger partial charge >= 0.3 is 11.9 Å². The quantitative estimate of drug-likeness (QED) is 0.740. The van der Waals surface area contributed by atoms with Crippen molar-refractivity contribution in [2.24, 2.45) is 0 Å². The number of hydrogen-bond donors (Lipinski definition) is 0. The lowest BCUT2D eigenvalue weighted by atomic mass is 10.2. The molecule has 7 nitrogen and oxygen atoms in total. The molecule has 1 heterocycles. The molecule has 0 saturated carbocycles. The third kappa shape index (κ3) is 4.52. The molecule has 100 valence electrons. The smallest absolute Gasteiger partial charge is 0.360 e. The predicted octanol–water partition coefficient (Wildman–Crippen LogP) is 0.796. The van der Waals surface area contributed by atoms with Crippen LogP contribution in [0.3, 0.4) is 0 Å². The molecule has 0 aliphatic carbocycles. The van der Waals surface area contributed by atoms with E-state index in [9.17, 15) is 9.59 Å². The minimum atomic E-state index is -0.562. The van der Waals surface area contributed by atoms with E-state index in [4.69, 9.17) is 9.47 Å². The average molecular weight is 255 g/mol. The van der Waals surface area contributed by atoms with Gasteiger partial charge in [0.25, 0.3) is 0 Å². The Morgan fingerprint density at radius 3 is 2.61 bits per heavy atom. The third-order valence-corrected chi connectivity index (χ3v) is 1.73. The molecule has 0 amide bonds. The fourth-order valence-electron chi connectivity index (χ4n) is 1.18. The van der Waals surface area contributed by atoms with Crippen LogP contribution < -0.4 is 0 Å². The van der Waals surface area contributed by atoms with Crippen molar-refractivity contribution in [1.82, 2.24) is 15.0 Å². The topological polar surface area (TPSA) is 83.3 Å². The molecule has 0 unspecified atom stereocenters. The largest absolute Gasteiger partial charge is 0.461 e. The number of nitrogens with zero attached hydrogens (tertiary/aromatic N) is 3. The first kappa shape index (κ1) is 14.1. The standard InChI is InChI=1S/C11H17N3O4/c1-5-17-10(16)8-6-14(13-12-8)7-9(15)18-11(2,3)4/h6H,5,7H2,1-4H3. The Hall–Kier alpha value is -1.92. The first-order chi connectivity index (χ1) is 8.31. The summed E-state index contributed by atoms with van der Waals surface area (Å²) in [5.41, 5.74) is -0.484. The second-order valence-electron chi connectivity index (χ2n) is 4.61. The fourth-order valence-corrected chi connectivity index (χ4v) is 1.18. The molecule has 0 N–H and O–H groups in total. The van der Waals surface area contributed by atoms with Gasteiger partial charge in [-0.2, -0.15) is 0 Å². The molecule has 1 rings (SSSR count). The molecule has 0 spiro atoms. The van der Waals surface area contributed by atoms with Crippen LogP contribution in [-0.2, 0) is 20.8 Å². The van der Waals surface area contributed by atoms with Crippen LogP contribution >= 0.6 is 0 Å². The number of carbonyl (C=O) groups is 2. The van der Waals surface area contributed by atoms with Gasteiger partial charge in [-0.25, -0.2) is 9.48 Å². The van der Waals surface area contributed by atoms with Crippen molar-refractivity contribution in [3.8, 4) is 0 Å². The van der Waals surface area contributed by atoms with Gasteiger partial charge < -0.3 is 9.47 Å². The van der Waals surface area contributed by atoms with E-state index in [1.807, 2.05) is 0 Å². The molecule has 7 heteroatoms. The Labute approximate surface area is 105 Å². The highest BCUT2D eigenvalue weighted by atomic mass is 16.6. The highest BCUT2D eigenvalue weighted by Crippen LogP contribution is 2.07. The molecule has 0 aliphatic rings. The van der Waals surface area contributed by atoms with Gasteiger partial charge in [-0.05, 0) is 27.7 Å². The van der Waals surface area contributed by atoms with Crippen LogP contribution in [0, 0.1) is 0 Å². The van der Waals surface area contributed by atoms with Crippen LogP contribution in [0.1, 0.15) is 38.2 Å². The van der Waals surface area contributed by atoms with Gasteiger partial charge in [-0.1, -0.05) is 5.21 Å². The molecule has 0 bridgehead atoms. The van der Waals surface area contributed by atoms with Gasteiger partial charge in [0.05, 0.1) is 12.8 Å². The minimum Gasteiger partial charge on any atom is -0.461 e. The van der Waals surface area contributed by atoms with Crippen LogP contribution in [0.4, 0.5) is 0 Å². The lowest BCUT2D eigenvalue weighted by Crippen LogP contribution is -2.26. The Morgan fingerprint density at radius 1 is 1.39 bits per heavy atom. The number of ether oxygens (including phenoxy) is 2. The van der Waals surface area contributed by atoms with E-state index in [0.717, 1.165) is 0 Å². The van der Waals surface area contributed by atoms with E-state index in [1.54, 1.807) is 27.7 Å². The van der Waals surface area contributed by atoms with Gasteiger partial charge in [0.15, 0.2) is 5.69 Å². The Kier molecular flexibility index (Phi) is 4.41. The van der Waals surface area contributed by atoms with Gasteiger partial charge in [0.1, 0.15) is 12.1 Å². The van der Waals surface area contributed by atoms with Crippen molar-refractivity contribution in [2.45, 2.75) is 39.8 Å². The minimum absolute atomic E-state index is 0.0698. The second-order valence-corrected chi connectivity index (χ2v) is 4.61. The molecule has 0 atom stereocenters. The first-order valence-corrected chi connectivity index (χ1v) is 5.61. The summed E-state index contributed by atoms with van der Waals surface area (Å²) in [6.45, 7) is 7.19. The summed E-state index contributed by atoms with van der Waals surface area (Å²) in [4.78, 5) is 22.8. The molecular weight excluding hydrogens is 238 g/mol. The van der Waals surface area contributed by atoms with Crippen LogP contribution in [0.2, 0.25) is 0 Å². The fraction of sp³-hybridized carbons (Fsp3) is 0.636. The number of esters is 2. The summed E-state index contributed by atoms with van der Waals surface area (Å²) in [7, 11) is 0. The highest BCUT2D eigenvalue weighted by Gasteiger charge is 2.18. The molecule has 0 aliphatic heterocycles. The number of rotatable bonds is 4. The summed E-state index contributed by atoms with van der Waals surface area (Å²) >= 11 is 0. The van der Waals surface area contributed by atoms with Crippen molar-refractivity contribution < 1.29 is 19.1 Å². The van der Waals surface area contributed by atoms with Gasteiger partial charge in [-0.3, -0.25) is 4.79 Å². The summed E-state index contributed by atoms with van der Waals surface area (Å²) < 4.78 is 11.1. The van der Waals surface area contributed by atoms with Crippen molar-refractivity contribution in [3.05, 3.63) is 11.9 Å². The maximum atomic E-state index is 11.5. The van der Waals surface area contributed by atoms with Crippen molar-refractivity contribution in [3.63, 3.8) is 0 Å². The molecule has 1 aromatic heterocycles. The van der Waals surface area contributed by atoms with E-state index < -0.39 is 17.5 Å². The monoisotopic (exact) mass is 255 g/mol. The highest BCUT2D eigenvalue weighted by molar-refractivity contribution is 5.86. The van der Waals surface area contributed by atoms with E-state index in [-0.39, 0.29) is 18.8 Å². The van der Waals surface area contributed by atoms with E-state index in [1.165, 1.54) is 10.9 Å². The molecule has 0 fully saturated rings. The number of carbonyl (C=O) groups excluding carboxylic acids is 2. The molecule has 0 radical (unpaired) electrons. The number of aromatic nitrogens is 3. The van der Waals surface area contributed by atoms with Crippen molar-refractivity contribution in [2.75, 3.05) is 6.61 Å². The van der Waals surface area contributed by atoms with Crippen LogP contribution in [0.15, 0.2) is 6.20 Å². The van der Waals surface area contributed by atoms with Crippen molar-refractivity contribution in [1.29, 1.82) is 0 Å². The van der Waals surface area contributed by atoms with Crippen LogP contribution in [0.5, 0.6) is 0 Å². The molecule has 1 aromatic rings. The lowest BCUT2D eigenvalue weighted by molar-refractivity contribution is -0.155. The molecule has 18 heavy (non-hydrogen) atoms. The Bertz CT molecular complexity index is 434. The SMILES string of the molecule is CCOC(=O)c1cn(CC(=O)OC(C)(C)C)nn1. The molecule has 0 saturated heterocycles. The molecule has 0 aromatic carbocycles. The molecular formula is C11H17N3O4. The zero-order valence-electron chi connectivity index (χ0n) is 11.0. The summed E-state index contributed by atoms with van der Waals surface area (Å²) in [5, 5.41) is 7.27. The lowest BCUT2D eigenvalue weighted by Gasteiger charge is -2.19. The maximum Gasteiger partial charge on any atom is 0.360 e. The normalized spacial score (nSPS) is 11.1. The number of hydrogen-bond acceptors (Lipinski definition) is 6. The van der Waals surface area contributed by atoms with Gasteiger partial charge in [0.2, 0.25) is 0 Å². The van der Waals surface area contributed by atoms with E-state index >= 15 is 0 Å². The second kappa shape index (κ2) is 5.61. The zero-order valence-corrected chi connectivity index (χ0v) is 11.0. The van der Waals surface area contributed by atoms with E-state index in [2.05, 4.69) is 10.3 Å². The average Bonchev–Trinajstić information content (AvgIpc) is 2.63. The third-order valence-electron chi connectivity index (χ3n) is 1.73. The van der Waals surface area contributed by atoms with Gasteiger partial charge in [-0.15, -0.1) is 5.10 Å². The van der Waals surface area contributed by atoms with Crippen LogP contribution in [0.25, 0.3) is 0 Å². The zero-order chi connectivity index (χ0) is 13.8. The Morgan fingerprint density at radius 2 is 2.06 bits per heavy atom. The Balaban J connectivity index is 2.59. The van der Waals surface area contributed by atoms with E-state index in [0.29, 0.717) is 0 Å². The first-order valence-electron chi connectivity index (χ1n) is 5.61. The van der Waals surface area contributed by atoms with Gasteiger partial charge in [0, 0.05) is 0 Å². The maximum absolute atomic E-state index is 11.5. The summed E-state index contributed by atoms with van der Waals surface area (Å²) in [6, 6.07) is 0. The summed E-state index contributed by atoms with van der Waals surface area (Å²) in [5.74, 6) is -1.00. The summed E-state index contributed by atoms with van der Waals surface area (Å²) in [6.07, 6.45) is 1.35. The van der Waals surface area contributed by atoms with Crippen molar-refractivity contribution >= 4 is 11.9 Å².